The SMILES string of the molecule is C=C(C)S/C(=C/OCCOCCOC)C(=C)S/C(C)=C/OCCOCCOC. The van der Waals surface area contributed by atoms with E-state index in [1.54, 1.807) is 26.7 Å². The number of rotatable bonds is 19. The van der Waals surface area contributed by atoms with Crippen LogP contribution in [-0.2, 0) is 28.4 Å². The van der Waals surface area contributed by atoms with Crippen molar-refractivity contribution in [2.24, 2.45) is 0 Å². The zero-order chi connectivity index (χ0) is 21.0. The molecule has 28 heavy (non-hydrogen) atoms. The van der Waals surface area contributed by atoms with Crippen LogP contribution in [0.4, 0.5) is 0 Å². The summed E-state index contributed by atoms with van der Waals surface area (Å²) in [4.78, 5) is 3.71. The van der Waals surface area contributed by atoms with Crippen LogP contribution < -0.4 is 0 Å². The molecule has 0 N–H and O–H groups in total. The molecule has 0 heterocycles. The van der Waals surface area contributed by atoms with Crippen molar-refractivity contribution >= 4 is 23.5 Å². The summed E-state index contributed by atoms with van der Waals surface area (Å²) in [7, 11) is 3.29. The van der Waals surface area contributed by atoms with Gasteiger partial charge in [0, 0.05) is 24.0 Å². The molecule has 0 bridgehead atoms. The second-order valence-electron chi connectivity index (χ2n) is 5.49. The lowest BCUT2D eigenvalue weighted by Crippen LogP contribution is -2.06. The van der Waals surface area contributed by atoms with Crippen LogP contribution >= 0.6 is 23.5 Å². The third-order valence-electron chi connectivity index (χ3n) is 2.84. The molecule has 6 nitrogen and oxygen atoms in total. The van der Waals surface area contributed by atoms with Gasteiger partial charge in [-0.15, -0.1) is 0 Å². The van der Waals surface area contributed by atoms with E-state index in [1.165, 1.54) is 23.5 Å². The first-order chi connectivity index (χ1) is 13.5. The van der Waals surface area contributed by atoms with E-state index in [-0.39, 0.29) is 0 Å². The Bertz CT molecular complexity index is 491. The van der Waals surface area contributed by atoms with E-state index in [9.17, 15) is 0 Å². The summed E-state index contributed by atoms with van der Waals surface area (Å²) in [5, 5.41) is 0. The van der Waals surface area contributed by atoms with Crippen molar-refractivity contribution in [3.8, 4) is 0 Å². The van der Waals surface area contributed by atoms with E-state index in [4.69, 9.17) is 28.4 Å². The lowest BCUT2D eigenvalue weighted by atomic mass is 10.6. The Morgan fingerprint density at radius 3 is 1.71 bits per heavy atom. The number of hydrogen-bond donors (Lipinski definition) is 0. The van der Waals surface area contributed by atoms with Gasteiger partial charge in [0.2, 0.25) is 0 Å². The van der Waals surface area contributed by atoms with Crippen molar-refractivity contribution in [1.29, 1.82) is 0 Å². The molecule has 0 atom stereocenters. The first kappa shape index (κ1) is 27.1. The van der Waals surface area contributed by atoms with Gasteiger partial charge in [0.25, 0.3) is 0 Å². The number of ether oxygens (including phenoxy) is 6. The first-order valence-corrected chi connectivity index (χ1v) is 10.6. The molecule has 0 aromatic rings. The van der Waals surface area contributed by atoms with Gasteiger partial charge in [0.15, 0.2) is 0 Å². The minimum atomic E-state index is 0.461. The predicted molar refractivity (Wildman–Crippen MR) is 118 cm³/mol. The van der Waals surface area contributed by atoms with Gasteiger partial charge in [0.05, 0.1) is 57.1 Å². The third kappa shape index (κ3) is 17.2. The maximum Gasteiger partial charge on any atom is 0.111 e. The molecule has 0 rings (SSSR count). The summed E-state index contributed by atoms with van der Waals surface area (Å²) in [5.74, 6) is 0. The fourth-order valence-corrected chi connectivity index (χ4v) is 3.13. The Morgan fingerprint density at radius 2 is 1.21 bits per heavy atom. The molecule has 162 valence electrons. The largest absolute Gasteiger partial charge is 0.498 e. The molecule has 8 heteroatoms. The lowest BCUT2D eigenvalue weighted by molar-refractivity contribution is 0.0463. The number of allylic oxidation sites excluding steroid dienone is 2. The number of hydrogen-bond acceptors (Lipinski definition) is 8. The summed E-state index contributed by atoms with van der Waals surface area (Å²) in [5.41, 5.74) is 0. The molecule has 0 saturated carbocycles. The lowest BCUT2D eigenvalue weighted by Gasteiger charge is -2.11. The van der Waals surface area contributed by atoms with Gasteiger partial charge in [-0.05, 0) is 18.8 Å². The van der Waals surface area contributed by atoms with E-state index in [1.807, 2.05) is 13.8 Å². The average molecular weight is 435 g/mol. The van der Waals surface area contributed by atoms with Gasteiger partial charge in [0.1, 0.15) is 13.2 Å². The second kappa shape index (κ2) is 19.4. The highest BCUT2D eigenvalue weighted by Crippen LogP contribution is 2.37. The Balaban J connectivity index is 4.29. The van der Waals surface area contributed by atoms with Gasteiger partial charge in [-0.25, -0.2) is 0 Å². The van der Waals surface area contributed by atoms with Crippen LogP contribution in [-0.4, -0.2) is 67.1 Å². The van der Waals surface area contributed by atoms with Crippen LogP contribution in [0.25, 0.3) is 0 Å². The molecule has 0 aliphatic heterocycles. The highest BCUT2D eigenvalue weighted by Gasteiger charge is 2.08. The number of methoxy groups -OCH3 is 2. The molecule has 0 amide bonds. The van der Waals surface area contributed by atoms with Crippen LogP contribution in [0.1, 0.15) is 13.8 Å². The van der Waals surface area contributed by atoms with E-state index in [0.717, 1.165) is 19.6 Å². The zero-order valence-corrected chi connectivity index (χ0v) is 19.1. The Kier molecular flexibility index (Phi) is 18.8. The van der Waals surface area contributed by atoms with Crippen molar-refractivity contribution in [2.75, 3.05) is 67.1 Å². The smallest absolute Gasteiger partial charge is 0.111 e. The van der Waals surface area contributed by atoms with Gasteiger partial charge in [-0.1, -0.05) is 36.7 Å². The fraction of sp³-hybridized carbons (Fsp3) is 0.600. The van der Waals surface area contributed by atoms with Crippen LogP contribution in [0.5, 0.6) is 0 Å². The average Bonchev–Trinajstić information content (AvgIpc) is 2.65. The second-order valence-corrected chi connectivity index (χ2v) is 8.17. The van der Waals surface area contributed by atoms with Gasteiger partial charge < -0.3 is 28.4 Å². The van der Waals surface area contributed by atoms with E-state index in [0.29, 0.717) is 52.9 Å². The summed E-state index contributed by atoms with van der Waals surface area (Å²) in [6.07, 6.45) is 3.41. The molecule has 0 aromatic heterocycles. The molecular formula is C20H34O6S2. The highest BCUT2D eigenvalue weighted by molar-refractivity contribution is 8.11. The van der Waals surface area contributed by atoms with Gasteiger partial charge >= 0.3 is 0 Å². The quantitative estimate of drug-likeness (QED) is 0.167. The topological polar surface area (TPSA) is 55.4 Å². The normalized spacial score (nSPS) is 12.1. The molecule has 0 aliphatic carbocycles. The van der Waals surface area contributed by atoms with Crippen molar-refractivity contribution in [3.63, 3.8) is 0 Å². The Morgan fingerprint density at radius 1 is 0.714 bits per heavy atom. The summed E-state index contributed by atoms with van der Waals surface area (Å²) < 4.78 is 31.6. The minimum absolute atomic E-state index is 0.461. The molecule has 0 fully saturated rings. The van der Waals surface area contributed by atoms with E-state index < -0.39 is 0 Å². The minimum Gasteiger partial charge on any atom is -0.498 e. The zero-order valence-electron chi connectivity index (χ0n) is 17.5. The molecule has 0 aromatic carbocycles. The van der Waals surface area contributed by atoms with Crippen molar-refractivity contribution in [3.05, 3.63) is 45.3 Å². The maximum atomic E-state index is 5.58. The van der Waals surface area contributed by atoms with Gasteiger partial charge in [-0.3, -0.25) is 0 Å². The fourth-order valence-electron chi connectivity index (χ4n) is 1.62. The predicted octanol–water partition coefficient (Wildman–Crippen LogP) is 4.56. The molecule has 0 aliphatic rings. The number of thioether (sulfide) groups is 2. The molecule has 0 spiro atoms. The van der Waals surface area contributed by atoms with Crippen LogP contribution in [0.15, 0.2) is 45.3 Å². The third-order valence-corrected chi connectivity index (χ3v) is 4.76. The summed E-state index contributed by atoms with van der Waals surface area (Å²) in [6, 6.07) is 0. The molecule has 0 radical (unpaired) electrons. The van der Waals surface area contributed by atoms with Gasteiger partial charge in [-0.2, -0.15) is 0 Å². The monoisotopic (exact) mass is 434 g/mol. The maximum absolute atomic E-state index is 5.58. The molecule has 0 saturated heterocycles. The Hall–Kier alpha value is -0.900. The Labute approximate surface area is 178 Å². The molecule has 0 unspecified atom stereocenters. The molecular weight excluding hydrogens is 400 g/mol. The van der Waals surface area contributed by atoms with Crippen molar-refractivity contribution < 1.29 is 28.4 Å². The standard InChI is InChI=1S/C20H34O6S2/c1-17(2)27-20(16-26-14-12-24-10-8-22-6)19(4)28-18(3)15-25-13-11-23-9-7-21-5/h15-16H,1,4,7-14H2,2-3,5-6H3/b18-15+,20-16+. The van der Waals surface area contributed by atoms with Crippen LogP contribution in [0.2, 0.25) is 0 Å². The first-order valence-electron chi connectivity index (χ1n) is 8.95. The summed E-state index contributed by atoms with van der Waals surface area (Å²) >= 11 is 3.04. The van der Waals surface area contributed by atoms with E-state index in [2.05, 4.69) is 13.2 Å². The van der Waals surface area contributed by atoms with Crippen molar-refractivity contribution in [2.45, 2.75) is 13.8 Å². The van der Waals surface area contributed by atoms with E-state index >= 15 is 0 Å². The van der Waals surface area contributed by atoms with Crippen molar-refractivity contribution in [1.82, 2.24) is 0 Å². The highest BCUT2D eigenvalue weighted by atomic mass is 32.2. The van der Waals surface area contributed by atoms with Crippen LogP contribution in [0.3, 0.4) is 0 Å². The summed E-state index contributed by atoms with van der Waals surface area (Å²) in [6.45, 7) is 16.3. The van der Waals surface area contributed by atoms with Crippen LogP contribution in [0, 0.1) is 0 Å².